The van der Waals surface area contributed by atoms with E-state index >= 15 is 0 Å². The van der Waals surface area contributed by atoms with Crippen LogP contribution < -0.4 is 11.2 Å². The second-order valence-electron chi connectivity index (χ2n) is 7.60. The molecule has 0 radical (unpaired) electrons. The highest BCUT2D eigenvalue weighted by molar-refractivity contribution is 5.76. The summed E-state index contributed by atoms with van der Waals surface area (Å²) in [7, 11) is 3.18. The van der Waals surface area contributed by atoms with Gasteiger partial charge in [-0.2, -0.15) is 4.98 Å². The van der Waals surface area contributed by atoms with Crippen molar-refractivity contribution in [1.29, 1.82) is 0 Å². The van der Waals surface area contributed by atoms with Crippen LogP contribution in [0.1, 0.15) is 17.7 Å². The molecule has 0 fully saturated rings. The monoisotopic (exact) mass is 439 g/mol. The van der Waals surface area contributed by atoms with E-state index in [1.54, 1.807) is 17.7 Å². The predicted octanol–water partition coefficient (Wildman–Crippen LogP) is 1.24. The zero-order valence-corrected chi connectivity index (χ0v) is 18.3. The van der Waals surface area contributed by atoms with Gasteiger partial charge in [0.1, 0.15) is 13.2 Å². The topological polar surface area (TPSA) is 102 Å². The third-order valence-electron chi connectivity index (χ3n) is 5.40. The Morgan fingerprint density at radius 3 is 2.59 bits per heavy atom. The van der Waals surface area contributed by atoms with Gasteiger partial charge in [-0.05, 0) is 18.9 Å². The van der Waals surface area contributed by atoms with E-state index in [-0.39, 0.29) is 17.8 Å². The number of aromatic nitrogens is 5. The Kier molecular flexibility index (Phi) is 5.95. The molecule has 0 unspecified atom stereocenters. The normalized spacial score (nSPS) is 11.5. The van der Waals surface area contributed by atoms with Crippen molar-refractivity contribution in [3.8, 4) is 0 Å². The largest absolute Gasteiger partial charge is 0.459 e. The van der Waals surface area contributed by atoms with Crippen molar-refractivity contribution in [2.75, 3.05) is 13.7 Å². The molecule has 10 heteroatoms. The highest BCUT2D eigenvalue weighted by atomic mass is 16.5. The molecule has 4 aromatic rings. The fourth-order valence-corrected chi connectivity index (χ4v) is 3.75. The molecule has 32 heavy (non-hydrogen) atoms. The summed E-state index contributed by atoms with van der Waals surface area (Å²) in [4.78, 5) is 43.0. The molecular weight excluding hydrogens is 414 g/mol. The maximum atomic E-state index is 13.2. The minimum absolute atomic E-state index is 0.0669. The van der Waals surface area contributed by atoms with Gasteiger partial charge in [-0.3, -0.25) is 18.6 Å². The molecule has 3 aromatic heterocycles. The van der Waals surface area contributed by atoms with Gasteiger partial charge < -0.3 is 14.0 Å². The Balaban J connectivity index is 1.70. The predicted molar refractivity (Wildman–Crippen MR) is 118 cm³/mol. The van der Waals surface area contributed by atoms with Crippen LogP contribution in [0.2, 0.25) is 0 Å². The van der Waals surface area contributed by atoms with Crippen molar-refractivity contribution in [3.05, 3.63) is 68.6 Å². The first kappa shape index (κ1) is 21.6. The van der Waals surface area contributed by atoms with Crippen LogP contribution in [0, 0.1) is 6.92 Å². The van der Waals surface area contributed by atoms with Crippen LogP contribution >= 0.6 is 0 Å². The fraction of sp³-hybridized carbons (Fsp3) is 0.364. The van der Waals surface area contributed by atoms with Crippen LogP contribution in [-0.4, -0.2) is 42.8 Å². The molecule has 0 saturated heterocycles. The van der Waals surface area contributed by atoms with E-state index < -0.39 is 23.8 Å². The van der Waals surface area contributed by atoms with Crippen molar-refractivity contribution in [3.63, 3.8) is 0 Å². The molecule has 0 aliphatic rings. The van der Waals surface area contributed by atoms with Crippen molar-refractivity contribution < 1.29 is 14.3 Å². The third kappa shape index (κ3) is 3.84. The van der Waals surface area contributed by atoms with Gasteiger partial charge in [0.15, 0.2) is 11.2 Å². The van der Waals surface area contributed by atoms with Crippen LogP contribution in [0.4, 0.5) is 0 Å². The Bertz CT molecular complexity index is 1390. The van der Waals surface area contributed by atoms with Crippen LogP contribution in [0.15, 0.2) is 46.1 Å². The number of esters is 1. The van der Waals surface area contributed by atoms with Crippen molar-refractivity contribution in [1.82, 2.24) is 23.1 Å². The number of imidazole rings is 2. The van der Waals surface area contributed by atoms with Gasteiger partial charge >= 0.3 is 11.7 Å². The first-order valence-electron chi connectivity index (χ1n) is 10.3. The van der Waals surface area contributed by atoms with E-state index in [2.05, 4.69) is 4.98 Å². The van der Waals surface area contributed by atoms with Gasteiger partial charge in [0, 0.05) is 39.2 Å². The summed E-state index contributed by atoms with van der Waals surface area (Å²) in [5, 5.41) is 0. The first-order valence-corrected chi connectivity index (χ1v) is 10.3. The molecule has 0 atom stereocenters. The maximum absolute atomic E-state index is 13.2. The molecule has 0 amide bonds. The average molecular weight is 439 g/mol. The van der Waals surface area contributed by atoms with E-state index in [1.165, 1.54) is 11.6 Å². The minimum Gasteiger partial charge on any atom is -0.459 e. The Hall–Kier alpha value is -3.66. The first-order chi connectivity index (χ1) is 15.4. The van der Waals surface area contributed by atoms with Gasteiger partial charge in [-0.15, -0.1) is 0 Å². The molecule has 3 heterocycles. The van der Waals surface area contributed by atoms with Crippen LogP contribution in [-0.2, 0) is 41.0 Å². The summed E-state index contributed by atoms with van der Waals surface area (Å²) in [6.07, 6.45) is 2.59. The Morgan fingerprint density at radius 1 is 1.12 bits per heavy atom. The number of benzene rings is 1. The average Bonchev–Trinajstić information content (AvgIpc) is 3.30. The maximum Gasteiger partial charge on any atom is 0.333 e. The number of fused-ring (bicyclic) bond motifs is 3. The number of carbonyl (C=O) groups is 1. The lowest BCUT2D eigenvalue weighted by atomic mass is 10.2. The van der Waals surface area contributed by atoms with Gasteiger partial charge in [-0.1, -0.05) is 30.3 Å². The third-order valence-corrected chi connectivity index (χ3v) is 5.40. The summed E-state index contributed by atoms with van der Waals surface area (Å²) >= 11 is 0. The van der Waals surface area contributed by atoms with Gasteiger partial charge in [-0.25, -0.2) is 9.36 Å². The number of nitrogens with zero attached hydrogens (tertiary/aromatic N) is 5. The molecule has 0 aliphatic heterocycles. The minimum atomic E-state index is -0.665. The summed E-state index contributed by atoms with van der Waals surface area (Å²) in [6, 6.07) is 9.19. The number of ether oxygens (including phenoxy) is 2. The van der Waals surface area contributed by atoms with Gasteiger partial charge in [0.2, 0.25) is 5.78 Å². The lowest BCUT2D eigenvalue weighted by molar-refractivity contribution is -0.145. The van der Waals surface area contributed by atoms with E-state index in [0.29, 0.717) is 18.9 Å². The van der Waals surface area contributed by atoms with E-state index in [1.807, 2.05) is 41.8 Å². The Morgan fingerprint density at radius 2 is 1.88 bits per heavy atom. The molecule has 0 spiro atoms. The lowest BCUT2D eigenvalue weighted by Crippen LogP contribution is -2.41. The highest BCUT2D eigenvalue weighted by Gasteiger charge is 2.21. The van der Waals surface area contributed by atoms with Crippen LogP contribution in [0.3, 0.4) is 0 Å². The van der Waals surface area contributed by atoms with E-state index in [4.69, 9.17) is 9.47 Å². The molecular formula is C22H25N5O5. The van der Waals surface area contributed by atoms with Crippen molar-refractivity contribution >= 4 is 22.9 Å². The van der Waals surface area contributed by atoms with E-state index in [9.17, 15) is 14.4 Å². The number of hydrogen-bond acceptors (Lipinski definition) is 6. The summed E-state index contributed by atoms with van der Waals surface area (Å²) < 4.78 is 16.2. The zero-order valence-electron chi connectivity index (χ0n) is 18.3. The lowest BCUT2D eigenvalue weighted by Gasteiger charge is -2.08. The van der Waals surface area contributed by atoms with Crippen molar-refractivity contribution in [2.45, 2.75) is 33.0 Å². The van der Waals surface area contributed by atoms with Gasteiger partial charge in [0.25, 0.3) is 5.56 Å². The quantitative estimate of drug-likeness (QED) is 0.302. The second-order valence-corrected chi connectivity index (χ2v) is 7.60. The number of hydrogen-bond donors (Lipinski definition) is 0. The molecule has 0 aliphatic carbocycles. The molecule has 168 valence electrons. The molecule has 0 N–H and O–H groups in total. The van der Waals surface area contributed by atoms with Crippen LogP contribution in [0.5, 0.6) is 0 Å². The van der Waals surface area contributed by atoms with E-state index in [0.717, 1.165) is 22.2 Å². The number of aryl methyl sites for hydroxylation is 3. The summed E-state index contributed by atoms with van der Waals surface area (Å²) in [6.45, 7) is 2.77. The van der Waals surface area contributed by atoms with Crippen molar-refractivity contribution in [2.24, 2.45) is 7.05 Å². The molecule has 10 nitrogen and oxygen atoms in total. The molecule has 1 aromatic carbocycles. The van der Waals surface area contributed by atoms with Gasteiger partial charge in [0.05, 0.1) is 0 Å². The number of methoxy groups -OCH3 is 1. The molecule has 0 bridgehead atoms. The second kappa shape index (κ2) is 8.83. The zero-order chi connectivity index (χ0) is 22.8. The number of carbonyl (C=O) groups excluding carboxylic acids is 1. The standard InChI is InChI=1S/C22H25N5O5/c1-15-12-26-18-19(23-21(26)25(15)10-7-11-31-3)24(2)22(30)27(20(18)29)13-17(28)32-14-16-8-5-4-6-9-16/h4-6,8-9,12H,7,10-11,13-14H2,1-3H3. The fourth-order valence-electron chi connectivity index (χ4n) is 3.75. The molecule has 4 rings (SSSR count). The molecule has 0 saturated carbocycles. The smallest absolute Gasteiger partial charge is 0.333 e. The SMILES string of the molecule is COCCCn1c(C)cn2c3c(=O)n(CC(=O)OCc4ccccc4)c(=O)n(C)c3nc12. The summed E-state index contributed by atoms with van der Waals surface area (Å²) in [5.41, 5.74) is 1.05. The summed E-state index contributed by atoms with van der Waals surface area (Å²) in [5.74, 6) is -0.105. The van der Waals surface area contributed by atoms with Crippen LogP contribution in [0.25, 0.3) is 16.9 Å². The Labute approximate surface area is 183 Å². The number of rotatable bonds is 8. The highest BCUT2D eigenvalue weighted by Crippen LogP contribution is 2.16.